The molecule has 2 rings (SSSR count). The van der Waals surface area contributed by atoms with Crippen LogP contribution in [0.25, 0.3) is 0 Å². The molecule has 0 aromatic heterocycles. The summed E-state index contributed by atoms with van der Waals surface area (Å²) in [6.45, 7) is 0. The quantitative estimate of drug-likeness (QED) is 0.575. The maximum atomic E-state index is 10.8. The van der Waals surface area contributed by atoms with Crippen molar-refractivity contribution in [3.63, 3.8) is 0 Å². The Labute approximate surface area is 85.8 Å². The number of nitrogens with two attached hydrogens (primary N) is 1. The van der Waals surface area contributed by atoms with Gasteiger partial charge in [-0.25, -0.2) is 4.79 Å². The minimum absolute atomic E-state index is 0.155. The van der Waals surface area contributed by atoms with Crippen LogP contribution in [0.15, 0.2) is 12.1 Å². The molecule has 5 N–H and O–H groups in total. The fraction of sp³-hybridized carbons (Fsp3) is 0.300. The second-order valence-electron chi connectivity index (χ2n) is 3.85. The molecule has 0 heterocycles. The zero-order valence-corrected chi connectivity index (χ0v) is 7.90. The molecule has 1 aromatic rings. The van der Waals surface area contributed by atoms with Gasteiger partial charge in [0.05, 0.1) is 0 Å². The van der Waals surface area contributed by atoms with Crippen molar-refractivity contribution in [2.24, 2.45) is 5.73 Å². The van der Waals surface area contributed by atoms with Gasteiger partial charge in [-0.1, -0.05) is 0 Å². The maximum Gasteiger partial charge on any atom is 0.339 e. The van der Waals surface area contributed by atoms with Crippen molar-refractivity contribution in [2.45, 2.75) is 18.4 Å². The zero-order valence-electron chi connectivity index (χ0n) is 7.90. The van der Waals surface area contributed by atoms with E-state index >= 15 is 0 Å². The van der Waals surface area contributed by atoms with Gasteiger partial charge >= 0.3 is 5.97 Å². The number of benzene rings is 1. The molecule has 0 aliphatic heterocycles. The summed E-state index contributed by atoms with van der Waals surface area (Å²) in [7, 11) is 0. The van der Waals surface area contributed by atoms with Crippen LogP contribution in [0.2, 0.25) is 0 Å². The Kier molecular flexibility index (Phi) is 1.87. The molecule has 1 fully saturated rings. The standard InChI is InChI=1S/C10H11NO4/c11-10(1-2-10)6-3-5(9(14)15)7(12)4-8(6)13/h3-4,12-13H,1-2,11H2,(H,14,15). The summed E-state index contributed by atoms with van der Waals surface area (Å²) in [5, 5.41) is 27.6. The van der Waals surface area contributed by atoms with Crippen molar-refractivity contribution in [3.8, 4) is 11.5 Å². The molecule has 0 saturated heterocycles. The topological polar surface area (TPSA) is 104 Å². The van der Waals surface area contributed by atoms with E-state index in [1.54, 1.807) is 0 Å². The van der Waals surface area contributed by atoms with E-state index in [0.717, 1.165) is 6.07 Å². The molecule has 1 aromatic carbocycles. The Morgan fingerprint density at radius 2 is 1.87 bits per heavy atom. The van der Waals surface area contributed by atoms with Gasteiger partial charge in [0.2, 0.25) is 0 Å². The molecule has 0 amide bonds. The van der Waals surface area contributed by atoms with Gasteiger partial charge in [-0.05, 0) is 18.9 Å². The zero-order chi connectivity index (χ0) is 11.2. The smallest absolute Gasteiger partial charge is 0.339 e. The lowest BCUT2D eigenvalue weighted by Crippen LogP contribution is -2.19. The number of hydrogen-bond acceptors (Lipinski definition) is 4. The van der Waals surface area contributed by atoms with Gasteiger partial charge in [-0.2, -0.15) is 0 Å². The van der Waals surface area contributed by atoms with Gasteiger partial charge in [0.15, 0.2) is 0 Å². The van der Waals surface area contributed by atoms with Crippen molar-refractivity contribution >= 4 is 5.97 Å². The number of rotatable bonds is 2. The summed E-state index contributed by atoms with van der Waals surface area (Å²) < 4.78 is 0. The molecular formula is C10H11NO4. The lowest BCUT2D eigenvalue weighted by molar-refractivity contribution is 0.0693. The fourth-order valence-electron chi connectivity index (χ4n) is 1.55. The summed E-state index contributed by atoms with van der Waals surface area (Å²) in [5.41, 5.74) is 5.38. The van der Waals surface area contributed by atoms with Crippen LogP contribution < -0.4 is 5.73 Å². The molecule has 0 unspecified atom stereocenters. The Bertz CT molecular complexity index is 437. The molecule has 15 heavy (non-hydrogen) atoms. The predicted octanol–water partition coefficient (Wildman–Crippen LogP) is 0.744. The molecule has 1 saturated carbocycles. The first kappa shape index (κ1) is 9.79. The Morgan fingerprint density at radius 1 is 1.27 bits per heavy atom. The highest BCUT2D eigenvalue weighted by Crippen LogP contribution is 2.47. The Hall–Kier alpha value is -1.75. The summed E-state index contributed by atoms with van der Waals surface area (Å²) >= 11 is 0. The largest absolute Gasteiger partial charge is 0.507 e. The summed E-state index contributed by atoms with van der Waals surface area (Å²) in [6.07, 6.45) is 1.43. The number of aromatic hydroxyl groups is 2. The number of aromatic carboxylic acids is 1. The molecule has 5 nitrogen and oxygen atoms in total. The van der Waals surface area contributed by atoms with Gasteiger partial charge < -0.3 is 21.1 Å². The third kappa shape index (κ3) is 1.50. The monoisotopic (exact) mass is 209 g/mol. The molecule has 1 aliphatic rings. The van der Waals surface area contributed by atoms with Crippen LogP contribution >= 0.6 is 0 Å². The van der Waals surface area contributed by atoms with Crippen molar-refractivity contribution in [3.05, 3.63) is 23.3 Å². The van der Waals surface area contributed by atoms with Gasteiger partial charge in [0, 0.05) is 17.2 Å². The molecule has 0 radical (unpaired) electrons. The highest BCUT2D eigenvalue weighted by molar-refractivity contribution is 5.91. The van der Waals surface area contributed by atoms with Crippen LogP contribution in [0.1, 0.15) is 28.8 Å². The minimum Gasteiger partial charge on any atom is -0.507 e. The predicted molar refractivity (Wildman–Crippen MR) is 51.8 cm³/mol. The molecule has 80 valence electrons. The van der Waals surface area contributed by atoms with Crippen molar-refractivity contribution < 1.29 is 20.1 Å². The molecule has 0 bridgehead atoms. The first-order chi connectivity index (χ1) is 6.94. The highest BCUT2D eigenvalue weighted by atomic mass is 16.4. The van der Waals surface area contributed by atoms with Gasteiger partial charge in [-0.15, -0.1) is 0 Å². The van der Waals surface area contributed by atoms with Crippen LogP contribution in [0.3, 0.4) is 0 Å². The van der Waals surface area contributed by atoms with Gasteiger partial charge in [0.1, 0.15) is 17.1 Å². The number of phenolic OH excluding ortho intramolecular Hbond substituents is 1. The maximum absolute atomic E-state index is 10.8. The highest BCUT2D eigenvalue weighted by Gasteiger charge is 2.42. The van der Waals surface area contributed by atoms with Crippen LogP contribution in [-0.4, -0.2) is 21.3 Å². The van der Waals surface area contributed by atoms with E-state index in [9.17, 15) is 15.0 Å². The lowest BCUT2D eigenvalue weighted by Gasteiger charge is -2.12. The molecule has 0 spiro atoms. The van der Waals surface area contributed by atoms with E-state index in [2.05, 4.69) is 0 Å². The Morgan fingerprint density at radius 3 is 2.33 bits per heavy atom. The average molecular weight is 209 g/mol. The second kappa shape index (κ2) is 2.87. The van der Waals surface area contributed by atoms with E-state index in [1.165, 1.54) is 6.07 Å². The van der Waals surface area contributed by atoms with Crippen LogP contribution in [-0.2, 0) is 5.54 Å². The van der Waals surface area contributed by atoms with Crippen molar-refractivity contribution in [1.29, 1.82) is 0 Å². The lowest BCUT2D eigenvalue weighted by atomic mass is 10.0. The summed E-state index contributed by atoms with van der Waals surface area (Å²) in [6, 6.07) is 2.26. The van der Waals surface area contributed by atoms with Crippen LogP contribution in [0.5, 0.6) is 11.5 Å². The number of carboxylic acids is 1. The Balaban J connectivity index is 2.56. The van der Waals surface area contributed by atoms with Crippen molar-refractivity contribution in [1.82, 2.24) is 0 Å². The molecule has 5 heteroatoms. The summed E-state index contributed by atoms with van der Waals surface area (Å²) in [4.78, 5) is 10.8. The van der Waals surface area contributed by atoms with E-state index in [4.69, 9.17) is 10.8 Å². The number of hydrogen-bond donors (Lipinski definition) is 4. The molecule has 1 aliphatic carbocycles. The van der Waals surface area contributed by atoms with Crippen LogP contribution in [0.4, 0.5) is 0 Å². The van der Waals surface area contributed by atoms with Crippen LogP contribution in [0, 0.1) is 0 Å². The van der Waals surface area contributed by atoms with Crippen molar-refractivity contribution in [2.75, 3.05) is 0 Å². The van der Waals surface area contributed by atoms with E-state index < -0.39 is 17.3 Å². The van der Waals surface area contributed by atoms with E-state index in [0.29, 0.717) is 18.4 Å². The third-order valence-corrected chi connectivity index (χ3v) is 2.67. The SMILES string of the molecule is NC1(c2cc(C(=O)O)c(O)cc2O)CC1. The molecule has 0 atom stereocenters. The van der Waals surface area contributed by atoms with Gasteiger partial charge in [0.25, 0.3) is 0 Å². The first-order valence-electron chi connectivity index (χ1n) is 4.53. The fourth-order valence-corrected chi connectivity index (χ4v) is 1.55. The number of phenols is 2. The number of carbonyl (C=O) groups is 1. The summed E-state index contributed by atoms with van der Waals surface area (Å²) in [5.74, 6) is -1.84. The normalized spacial score (nSPS) is 17.4. The molecular weight excluding hydrogens is 198 g/mol. The van der Waals surface area contributed by atoms with Gasteiger partial charge in [-0.3, -0.25) is 0 Å². The first-order valence-corrected chi connectivity index (χ1v) is 4.53. The number of carboxylic acid groups (broad SMARTS) is 1. The average Bonchev–Trinajstić information content (AvgIpc) is 2.83. The minimum atomic E-state index is -1.24. The third-order valence-electron chi connectivity index (χ3n) is 2.67. The van der Waals surface area contributed by atoms with E-state index in [1.807, 2.05) is 0 Å². The second-order valence-corrected chi connectivity index (χ2v) is 3.85. The van der Waals surface area contributed by atoms with E-state index in [-0.39, 0.29) is 11.3 Å².